The summed E-state index contributed by atoms with van der Waals surface area (Å²) in [6.45, 7) is 0. The Labute approximate surface area is 158 Å². The smallest absolute Gasteiger partial charge is 0.337 e. The number of nitrogens with zero attached hydrogens (tertiary/aromatic N) is 2. The lowest BCUT2D eigenvalue weighted by Gasteiger charge is -2.11. The fraction of sp³-hybridized carbons (Fsp3) is 0.0556. The van der Waals surface area contributed by atoms with Gasteiger partial charge in [-0.3, -0.25) is 0 Å². The van der Waals surface area contributed by atoms with Crippen LogP contribution in [0, 0.1) is 11.6 Å². The van der Waals surface area contributed by atoms with Crippen molar-refractivity contribution < 1.29 is 18.3 Å². The van der Waals surface area contributed by atoms with Crippen molar-refractivity contribution in [2.75, 3.05) is 17.7 Å². The van der Waals surface area contributed by atoms with E-state index in [1.807, 2.05) is 0 Å². The largest absolute Gasteiger partial charge is 0.465 e. The van der Waals surface area contributed by atoms with Crippen molar-refractivity contribution in [1.29, 1.82) is 0 Å². The molecular formula is C18H13ClF2N4O2. The highest BCUT2D eigenvalue weighted by atomic mass is 35.5. The van der Waals surface area contributed by atoms with Crippen molar-refractivity contribution in [3.05, 3.63) is 71.0 Å². The molecule has 3 aromatic rings. The third kappa shape index (κ3) is 4.29. The van der Waals surface area contributed by atoms with Crippen molar-refractivity contribution in [3.63, 3.8) is 0 Å². The molecular weight excluding hydrogens is 378 g/mol. The molecule has 0 aliphatic heterocycles. The van der Waals surface area contributed by atoms with E-state index >= 15 is 0 Å². The van der Waals surface area contributed by atoms with Crippen LogP contribution >= 0.6 is 11.6 Å². The SMILES string of the molecule is COC(=O)c1ccc(Cl)c(Nc2cc(Nc3c(F)cccc3F)ncn2)c1. The molecule has 1 heterocycles. The Morgan fingerprint density at radius 2 is 1.70 bits per heavy atom. The number of halogens is 3. The van der Waals surface area contributed by atoms with Gasteiger partial charge >= 0.3 is 5.97 Å². The molecule has 0 aliphatic carbocycles. The maximum absolute atomic E-state index is 13.8. The normalized spacial score (nSPS) is 10.4. The highest BCUT2D eigenvalue weighted by Gasteiger charge is 2.12. The first-order valence-corrected chi connectivity index (χ1v) is 8.03. The number of nitrogens with one attached hydrogen (secondary N) is 2. The van der Waals surface area contributed by atoms with E-state index in [0.717, 1.165) is 12.1 Å². The van der Waals surface area contributed by atoms with Gasteiger partial charge in [-0.25, -0.2) is 23.5 Å². The molecule has 0 fully saturated rings. The van der Waals surface area contributed by atoms with E-state index in [2.05, 4.69) is 25.3 Å². The van der Waals surface area contributed by atoms with E-state index in [-0.39, 0.29) is 11.5 Å². The Bertz CT molecular complexity index is 981. The number of hydrogen-bond donors (Lipinski definition) is 2. The quantitative estimate of drug-likeness (QED) is 0.616. The lowest BCUT2D eigenvalue weighted by Crippen LogP contribution is -2.04. The summed E-state index contributed by atoms with van der Waals surface area (Å²) in [7, 11) is 1.27. The predicted octanol–water partition coefficient (Wildman–Crippen LogP) is 4.68. The number of esters is 1. The number of methoxy groups -OCH3 is 1. The van der Waals surface area contributed by atoms with Crippen molar-refractivity contribution in [1.82, 2.24) is 9.97 Å². The zero-order valence-electron chi connectivity index (χ0n) is 14.0. The summed E-state index contributed by atoms with van der Waals surface area (Å²) in [5, 5.41) is 5.84. The van der Waals surface area contributed by atoms with Gasteiger partial charge in [0.05, 0.1) is 23.4 Å². The zero-order chi connectivity index (χ0) is 19.4. The van der Waals surface area contributed by atoms with Crippen LogP contribution in [-0.4, -0.2) is 23.0 Å². The van der Waals surface area contributed by atoms with E-state index < -0.39 is 17.6 Å². The van der Waals surface area contributed by atoms with Gasteiger partial charge in [-0.05, 0) is 30.3 Å². The van der Waals surface area contributed by atoms with Gasteiger partial charge in [-0.15, -0.1) is 0 Å². The second-order valence-corrected chi connectivity index (χ2v) is 5.73. The third-order valence-corrected chi connectivity index (χ3v) is 3.86. The summed E-state index contributed by atoms with van der Waals surface area (Å²) in [6.07, 6.45) is 1.21. The van der Waals surface area contributed by atoms with E-state index in [1.165, 1.54) is 43.8 Å². The van der Waals surface area contributed by atoms with Crippen LogP contribution < -0.4 is 10.6 Å². The van der Waals surface area contributed by atoms with Crippen LogP contribution in [0.1, 0.15) is 10.4 Å². The highest BCUT2D eigenvalue weighted by molar-refractivity contribution is 6.33. The molecule has 27 heavy (non-hydrogen) atoms. The summed E-state index contributed by atoms with van der Waals surface area (Å²) in [4.78, 5) is 19.6. The first-order valence-electron chi connectivity index (χ1n) is 7.66. The minimum atomic E-state index is -0.753. The first kappa shape index (κ1) is 18.5. The van der Waals surface area contributed by atoms with Crippen LogP contribution in [0.4, 0.5) is 31.8 Å². The van der Waals surface area contributed by atoms with Crippen molar-refractivity contribution in [3.8, 4) is 0 Å². The lowest BCUT2D eigenvalue weighted by molar-refractivity contribution is 0.0601. The fourth-order valence-electron chi connectivity index (χ4n) is 2.24. The summed E-state index contributed by atoms with van der Waals surface area (Å²) in [6, 6.07) is 9.51. The number of anilines is 4. The van der Waals surface area contributed by atoms with Gasteiger partial charge in [0.15, 0.2) is 0 Å². The molecule has 0 atom stereocenters. The summed E-state index contributed by atoms with van der Waals surface area (Å²) < 4.78 is 32.2. The van der Waals surface area contributed by atoms with Gasteiger partial charge in [0.25, 0.3) is 0 Å². The molecule has 2 aromatic carbocycles. The first-order chi connectivity index (χ1) is 13.0. The standard InChI is InChI=1S/C18H13ClF2N4O2/c1-27-18(26)10-5-6-11(19)14(7-10)24-15-8-16(23-9-22-15)25-17-12(20)3-2-4-13(17)21/h2-9H,1H3,(H2,22,23,24,25). The Morgan fingerprint density at radius 3 is 2.37 bits per heavy atom. The van der Waals surface area contributed by atoms with Gasteiger partial charge in [0, 0.05) is 6.07 Å². The number of ether oxygens (including phenoxy) is 1. The topological polar surface area (TPSA) is 76.1 Å². The summed E-state index contributed by atoms with van der Waals surface area (Å²) >= 11 is 6.13. The molecule has 0 bridgehead atoms. The van der Waals surface area contributed by atoms with Crippen LogP contribution in [-0.2, 0) is 4.74 Å². The second kappa shape index (κ2) is 7.96. The second-order valence-electron chi connectivity index (χ2n) is 5.32. The Balaban J connectivity index is 1.85. The minimum absolute atomic E-state index is 0.164. The number of benzene rings is 2. The van der Waals surface area contributed by atoms with Crippen LogP contribution in [0.25, 0.3) is 0 Å². The van der Waals surface area contributed by atoms with E-state index in [1.54, 1.807) is 0 Å². The molecule has 2 N–H and O–H groups in total. The zero-order valence-corrected chi connectivity index (χ0v) is 14.7. The Kier molecular flexibility index (Phi) is 5.46. The third-order valence-electron chi connectivity index (χ3n) is 3.53. The van der Waals surface area contributed by atoms with Crippen molar-refractivity contribution in [2.24, 2.45) is 0 Å². The molecule has 0 spiro atoms. The number of para-hydroxylation sites is 1. The van der Waals surface area contributed by atoms with Crippen molar-refractivity contribution in [2.45, 2.75) is 0 Å². The molecule has 3 rings (SSSR count). The van der Waals surface area contributed by atoms with E-state index in [4.69, 9.17) is 11.6 Å². The molecule has 0 saturated heterocycles. The maximum atomic E-state index is 13.8. The molecule has 9 heteroatoms. The number of hydrogen-bond acceptors (Lipinski definition) is 6. The minimum Gasteiger partial charge on any atom is -0.465 e. The summed E-state index contributed by atoms with van der Waals surface area (Å²) in [5.41, 5.74) is 0.374. The van der Waals surface area contributed by atoms with Crippen molar-refractivity contribution >= 4 is 40.6 Å². The van der Waals surface area contributed by atoms with Gasteiger partial charge in [-0.2, -0.15) is 0 Å². The predicted molar refractivity (Wildman–Crippen MR) is 97.7 cm³/mol. The van der Waals surface area contributed by atoms with Gasteiger partial charge in [-0.1, -0.05) is 17.7 Å². The van der Waals surface area contributed by atoms with Crippen LogP contribution in [0.2, 0.25) is 5.02 Å². The average molecular weight is 391 g/mol. The highest BCUT2D eigenvalue weighted by Crippen LogP contribution is 2.28. The van der Waals surface area contributed by atoms with E-state index in [9.17, 15) is 13.6 Å². The van der Waals surface area contributed by atoms with Gasteiger partial charge in [0.1, 0.15) is 35.3 Å². The van der Waals surface area contributed by atoms with Crippen LogP contribution in [0.15, 0.2) is 48.8 Å². The monoisotopic (exact) mass is 390 g/mol. The number of carbonyl (C=O) groups is 1. The molecule has 0 amide bonds. The molecule has 138 valence electrons. The fourth-order valence-corrected chi connectivity index (χ4v) is 2.41. The number of rotatable bonds is 5. The molecule has 0 saturated carbocycles. The molecule has 0 unspecified atom stereocenters. The van der Waals surface area contributed by atoms with Crippen LogP contribution in [0.5, 0.6) is 0 Å². The maximum Gasteiger partial charge on any atom is 0.337 e. The number of aromatic nitrogens is 2. The van der Waals surface area contributed by atoms with Gasteiger partial charge in [0.2, 0.25) is 0 Å². The Morgan fingerprint density at radius 1 is 1.04 bits per heavy atom. The molecule has 0 aliphatic rings. The molecule has 1 aromatic heterocycles. The molecule has 0 radical (unpaired) electrons. The van der Waals surface area contributed by atoms with E-state index in [0.29, 0.717) is 22.1 Å². The Hall–Kier alpha value is -3.26. The van der Waals surface area contributed by atoms with Gasteiger partial charge < -0.3 is 15.4 Å². The van der Waals surface area contributed by atoms with Crippen LogP contribution in [0.3, 0.4) is 0 Å². The molecule has 6 nitrogen and oxygen atoms in total. The lowest BCUT2D eigenvalue weighted by atomic mass is 10.2. The summed E-state index contributed by atoms with van der Waals surface area (Å²) in [5.74, 6) is -1.56. The number of carbonyl (C=O) groups excluding carboxylic acids is 1. The average Bonchev–Trinajstić information content (AvgIpc) is 2.66.